The van der Waals surface area contributed by atoms with Crippen molar-refractivity contribution in [2.24, 2.45) is 0 Å². The lowest BCUT2D eigenvalue weighted by molar-refractivity contribution is -0.135. The topological polar surface area (TPSA) is 58.6 Å². The van der Waals surface area contributed by atoms with Gasteiger partial charge in [-0.3, -0.25) is 9.59 Å². The first-order valence-corrected chi connectivity index (χ1v) is 9.88. The lowest BCUT2D eigenvalue weighted by Gasteiger charge is -2.31. The lowest BCUT2D eigenvalue weighted by atomic mass is 9.87. The summed E-state index contributed by atoms with van der Waals surface area (Å²) in [7, 11) is 0. The molecule has 0 aromatic heterocycles. The van der Waals surface area contributed by atoms with Crippen molar-refractivity contribution >= 4 is 17.5 Å². The minimum absolute atomic E-state index is 0.244. The molecule has 3 aromatic carbocycles. The highest BCUT2D eigenvalue weighted by Gasteiger charge is 2.35. The molecule has 0 fully saturated rings. The first-order valence-electron chi connectivity index (χ1n) is 9.88. The van der Waals surface area contributed by atoms with Crippen LogP contribution in [0, 0.1) is 11.6 Å². The molecule has 7 heteroatoms. The SMILES string of the molecule is CCN(CC(=O)Nc1c(F)cccc1F)C(=O)C1c2ccccc2Oc2ccccc21. The van der Waals surface area contributed by atoms with E-state index in [2.05, 4.69) is 5.32 Å². The summed E-state index contributed by atoms with van der Waals surface area (Å²) in [5.41, 5.74) is 0.869. The second kappa shape index (κ2) is 8.55. The highest BCUT2D eigenvalue weighted by Crippen LogP contribution is 2.44. The molecule has 1 N–H and O–H groups in total. The average molecular weight is 422 g/mol. The summed E-state index contributed by atoms with van der Waals surface area (Å²) in [5, 5.41) is 2.23. The van der Waals surface area contributed by atoms with Gasteiger partial charge in [-0.25, -0.2) is 8.78 Å². The van der Waals surface area contributed by atoms with Gasteiger partial charge in [-0.05, 0) is 31.2 Å². The van der Waals surface area contributed by atoms with Gasteiger partial charge in [0.1, 0.15) is 28.8 Å². The molecule has 0 bridgehead atoms. The third-order valence-corrected chi connectivity index (χ3v) is 5.18. The normalized spacial score (nSPS) is 12.4. The van der Waals surface area contributed by atoms with E-state index >= 15 is 0 Å². The van der Waals surface area contributed by atoms with E-state index < -0.39 is 29.1 Å². The zero-order valence-corrected chi connectivity index (χ0v) is 16.8. The maximum absolute atomic E-state index is 13.9. The van der Waals surface area contributed by atoms with Crippen LogP contribution in [0.3, 0.4) is 0 Å². The van der Waals surface area contributed by atoms with Gasteiger partial charge in [0, 0.05) is 17.7 Å². The quantitative estimate of drug-likeness (QED) is 0.649. The Labute approximate surface area is 178 Å². The number of hydrogen-bond donors (Lipinski definition) is 1. The summed E-state index contributed by atoms with van der Waals surface area (Å²) in [4.78, 5) is 27.4. The maximum Gasteiger partial charge on any atom is 0.244 e. The van der Waals surface area contributed by atoms with Crippen LogP contribution in [0.1, 0.15) is 24.0 Å². The Morgan fingerprint density at radius 1 is 0.903 bits per heavy atom. The van der Waals surface area contributed by atoms with Gasteiger partial charge in [0.25, 0.3) is 0 Å². The number of amides is 2. The molecule has 5 nitrogen and oxygen atoms in total. The summed E-state index contributed by atoms with van der Waals surface area (Å²) in [6.07, 6.45) is 0. The molecule has 0 atom stereocenters. The summed E-state index contributed by atoms with van der Waals surface area (Å²) >= 11 is 0. The van der Waals surface area contributed by atoms with Gasteiger partial charge >= 0.3 is 0 Å². The van der Waals surface area contributed by atoms with Gasteiger partial charge in [0.15, 0.2) is 0 Å². The van der Waals surface area contributed by atoms with Crippen LogP contribution in [-0.4, -0.2) is 29.8 Å². The highest BCUT2D eigenvalue weighted by molar-refractivity contribution is 5.97. The van der Waals surface area contributed by atoms with E-state index in [0.717, 1.165) is 12.1 Å². The van der Waals surface area contributed by atoms with E-state index in [4.69, 9.17) is 4.74 Å². The fourth-order valence-electron chi connectivity index (χ4n) is 3.67. The summed E-state index contributed by atoms with van der Waals surface area (Å²) in [6.45, 7) is 1.64. The van der Waals surface area contributed by atoms with Gasteiger partial charge < -0.3 is 15.0 Å². The predicted molar refractivity (Wildman–Crippen MR) is 112 cm³/mol. The Bertz CT molecular complexity index is 1080. The van der Waals surface area contributed by atoms with Crippen molar-refractivity contribution in [3.63, 3.8) is 0 Å². The number of nitrogens with one attached hydrogen (secondary N) is 1. The van der Waals surface area contributed by atoms with Crippen molar-refractivity contribution in [1.29, 1.82) is 0 Å². The van der Waals surface area contributed by atoms with Crippen molar-refractivity contribution in [3.8, 4) is 11.5 Å². The Kier molecular flexibility index (Phi) is 5.66. The van der Waals surface area contributed by atoms with Gasteiger partial charge in [-0.1, -0.05) is 42.5 Å². The van der Waals surface area contributed by atoms with Crippen molar-refractivity contribution < 1.29 is 23.1 Å². The zero-order valence-electron chi connectivity index (χ0n) is 16.8. The molecule has 1 aliphatic heterocycles. The van der Waals surface area contributed by atoms with Crippen LogP contribution in [0.2, 0.25) is 0 Å². The molecule has 31 heavy (non-hydrogen) atoms. The van der Waals surface area contributed by atoms with E-state index in [-0.39, 0.29) is 19.0 Å². The number of likely N-dealkylation sites (N-methyl/N-ethyl adjacent to an activating group) is 1. The Balaban J connectivity index is 1.60. The molecule has 0 spiro atoms. The fraction of sp³-hybridized carbons (Fsp3) is 0.167. The molecule has 4 rings (SSSR count). The van der Waals surface area contributed by atoms with Crippen LogP contribution in [0.4, 0.5) is 14.5 Å². The van der Waals surface area contributed by atoms with Gasteiger partial charge in [-0.15, -0.1) is 0 Å². The molecule has 0 saturated carbocycles. The fourth-order valence-corrected chi connectivity index (χ4v) is 3.67. The number of halogens is 2. The second-order valence-corrected chi connectivity index (χ2v) is 7.11. The molecule has 1 aliphatic rings. The first kappa shape index (κ1) is 20.5. The molecule has 2 amide bonds. The minimum atomic E-state index is -0.880. The number of benzene rings is 3. The van der Waals surface area contributed by atoms with Crippen LogP contribution in [0.15, 0.2) is 66.7 Å². The van der Waals surface area contributed by atoms with Crippen LogP contribution in [-0.2, 0) is 9.59 Å². The second-order valence-electron chi connectivity index (χ2n) is 7.11. The number of anilines is 1. The average Bonchev–Trinajstić information content (AvgIpc) is 2.78. The molecule has 3 aromatic rings. The van der Waals surface area contributed by atoms with E-state index in [1.54, 1.807) is 19.1 Å². The van der Waals surface area contributed by atoms with Crippen LogP contribution in [0.5, 0.6) is 11.5 Å². The third-order valence-electron chi connectivity index (χ3n) is 5.18. The summed E-state index contributed by atoms with van der Waals surface area (Å²) in [5.74, 6) is -2.24. The lowest BCUT2D eigenvalue weighted by Crippen LogP contribution is -2.41. The van der Waals surface area contributed by atoms with Crippen molar-refractivity contribution in [3.05, 3.63) is 89.5 Å². The van der Waals surface area contributed by atoms with Crippen molar-refractivity contribution in [1.82, 2.24) is 4.90 Å². The number of hydrogen-bond acceptors (Lipinski definition) is 3. The molecule has 158 valence electrons. The summed E-state index contributed by atoms with van der Waals surface area (Å²) in [6, 6.07) is 17.8. The van der Waals surface area contributed by atoms with Crippen LogP contribution in [0.25, 0.3) is 0 Å². The van der Waals surface area contributed by atoms with Gasteiger partial charge in [0.05, 0.1) is 12.5 Å². The number of carbonyl (C=O) groups is 2. The van der Waals surface area contributed by atoms with Crippen LogP contribution < -0.4 is 10.1 Å². The molecule has 1 heterocycles. The number of rotatable bonds is 5. The standard InChI is InChI=1S/C24H20F2N2O3/c1-2-28(14-21(29)27-23-17(25)10-7-11-18(23)26)24(30)22-15-8-3-5-12-19(15)31-20-13-6-4-9-16(20)22/h3-13,22H,2,14H2,1H3,(H,27,29). The summed E-state index contributed by atoms with van der Waals surface area (Å²) < 4.78 is 33.6. The molecule has 0 saturated heterocycles. The zero-order chi connectivity index (χ0) is 22.0. The molecular formula is C24H20F2N2O3. The van der Waals surface area contributed by atoms with Crippen molar-refractivity contribution in [2.45, 2.75) is 12.8 Å². The van der Waals surface area contributed by atoms with E-state index in [9.17, 15) is 18.4 Å². The number of para-hydroxylation sites is 3. The molecule has 0 unspecified atom stereocenters. The maximum atomic E-state index is 13.9. The monoisotopic (exact) mass is 422 g/mol. The van der Waals surface area contributed by atoms with E-state index in [0.29, 0.717) is 22.6 Å². The molecular weight excluding hydrogens is 402 g/mol. The Morgan fingerprint density at radius 2 is 1.45 bits per heavy atom. The Hall–Kier alpha value is -3.74. The number of carbonyl (C=O) groups excluding carboxylic acids is 2. The first-order chi connectivity index (χ1) is 15.0. The largest absolute Gasteiger partial charge is 0.457 e. The predicted octanol–water partition coefficient (Wildman–Crippen LogP) is 4.69. The molecule has 0 aliphatic carbocycles. The van der Waals surface area contributed by atoms with E-state index in [1.807, 2.05) is 36.4 Å². The van der Waals surface area contributed by atoms with Crippen molar-refractivity contribution in [2.75, 3.05) is 18.4 Å². The van der Waals surface area contributed by atoms with E-state index in [1.165, 1.54) is 11.0 Å². The smallest absolute Gasteiger partial charge is 0.244 e. The number of ether oxygens (including phenoxy) is 1. The number of fused-ring (bicyclic) bond motifs is 2. The number of nitrogens with zero attached hydrogens (tertiary/aromatic N) is 1. The van der Waals surface area contributed by atoms with Crippen LogP contribution >= 0.6 is 0 Å². The van der Waals surface area contributed by atoms with Gasteiger partial charge in [0.2, 0.25) is 11.8 Å². The Morgan fingerprint density at radius 3 is 2.00 bits per heavy atom. The highest BCUT2D eigenvalue weighted by atomic mass is 19.1. The minimum Gasteiger partial charge on any atom is -0.457 e. The molecule has 0 radical (unpaired) electrons. The van der Waals surface area contributed by atoms with Gasteiger partial charge in [-0.2, -0.15) is 0 Å². The third kappa shape index (κ3) is 3.99.